The second-order valence-electron chi connectivity index (χ2n) is 4.67. The molecule has 0 aromatic heterocycles. The van der Waals surface area contributed by atoms with Gasteiger partial charge in [-0.05, 0) is 20.6 Å². The van der Waals surface area contributed by atoms with Crippen LogP contribution in [0.3, 0.4) is 0 Å². The standard InChI is InChI=1S/C17H17N3/c1-12-4-8-14(9-5-12)16(18)20-17(19-3)15-10-6-13(2)7-11-15/h4-11,18H,3H2,1-2H3. The van der Waals surface area contributed by atoms with Crippen molar-refractivity contribution in [3.05, 3.63) is 70.8 Å². The maximum atomic E-state index is 8.05. The van der Waals surface area contributed by atoms with Crippen LogP contribution < -0.4 is 0 Å². The zero-order valence-electron chi connectivity index (χ0n) is 11.7. The molecule has 0 aliphatic rings. The normalized spacial score (nSPS) is 11.2. The minimum absolute atomic E-state index is 0.188. The Bertz CT molecular complexity index is 650. The lowest BCUT2D eigenvalue weighted by atomic mass is 10.1. The molecule has 0 bridgehead atoms. The molecule has 3 heteroatoms. The zero-order chi connectivity index (χ0) is 14.5. The molecular formula is C17H17N3. The molecule has 0 radical (unpaired) electrons. The van der Waals surface area contributed by atoms with Crippen LogP contribution in [-0.4, -0.2) is 18.4 Å². The Morgan fingerprint density at radius 3 is 1.75 bits per heavy atom. The van der Waals surface area contributed by atoms with E-state index < -0.39 is 0 Å². The first kappa shape index (κ1) is 13.9. The molecule has 0 atom stereocenters. The minimum atomic E-state index is 0.188. The van der Waals surface area contributed by atoms with Crippen LogP contribution in [0.5, 0.6) is 0 Å². The smallest absolute Gasteiger partial charge is 0.161 e. The average Bonchev–Trinajstić information content (AvgIpc) is 2.46. The lowest BCUT2D eigenvalue weighted by Gasteiger charge is -2.03. The van der Waals surface area contributed by atoms with Crippen molar-refractivity contribution < 1.29 is 0 Å². The molecule has 20 heavy (non-hydrogen) atoms. The molecule has 0 unspecified atom stereocenters. The van der Waals surface area contributed by atoms with Crippen LogP contribution in [0.1, 0.15) is 22.3 Å². The van der Waals surface area contributed by atoms with E-state index in [0.29, 0.717) is 5.84 Å². The zero-order valence-corrected chi connectivity index (χ0v) is 11.7. The lowest BCUT2D eigenvalue weighted by Crippen LogP contribution is -2.03. The molecule has 0 fully saturated rings. The highest BCUT2D eigenvalue weighted by molar-refractivity contribution is 6.11. The van der Waals surface area contributed by atoms with Crippen LogP contribution in [0.4, 0.5) is 0 Å². The Morgan fingerprint density at radius 1 is 0.850 bits per heavy atom. The fraction of sp³-hybridized carbons (Fsp3) is 0.118. The summed E-state index contributed by atoms with van der Waals surface area (Å²) in [4.78, 5) is 8.20. The summed E-state index contributed by atoms with van der Waals surface area (Å²) in [5.41, 5.74) is 3.96. The second kappa shape index (κ2) is 6.06. The third kappa shape index (κ3) is 3.26. The monoisotopic (exact) mass is 263 g/mol. The fourth-order valence-corrected chi connectivity index (χ4v) is 1.78. The highest BCUT2D eigenvalue weighted by Gasteiger charge is 2.04. The molecule has 0 aliphatic carbocycles. The van der Waals surface area contributed by atoms with E-state index in [4.69, 9.17) is 5.41 Å². The molecule has 0 spiro atoms. The molecule has 3 nitrogen and oxygen atoms in total. The molecule has 0 saturated carbocycles. The van der Waals surface area contributed by atoms with Gasteiger partial charge >= 0.3 is 0 Å². The molecule has 1 N–H and O–H groups in total. The van der Waals surface area contributed by atoms with Crippen molar-refractivity contribution in [3.63, 3.8) is 0 Å². The number of hydrogen-bond donors (Lipinski definition) is 1. The highest BCUT2D eigenvalue weighted by atomic mass is 14.9. The number of aryl methyl sites for hydroxylation is 2. The summed E-state index contributed by atoms with van der Waals surface area (Å²) >= 11 is 0. The summed E-state index contributed by atoms with van der Waals surface area (Å²) in [7, 11) is 0. The summed E-state index contributed by atoms with van der Waals surface area (Å²) in [5, 5.41) is 8.05. The number of hydrogen-bond acceptors (Lipinski definition) is 1. The van der Waals surface area contributed by atoms with Gasteiger partial charge in [-0.1, -0.05) is 59.7 Å². The summed E-state index contributed by atoms with van der Waals surface area (Å²) in [6.45, 7) is 7.58. The summed E-state index contributed by atoms with van der Waals surface area (Å²) in [5.74, 6) is 0.656. The third-order valence-corrected chi connectivity index (χ3v) is 3.00. The van der Waals surface area contributed by atoms with Gasteiger partial charge < -0.3 is 0 Å². The molecule has 2 aromatic rings. The van der Waals surface area contributed by atoms with Crippen molar-refractivity contribution >= 4 is 18.4 Å². The average molecular weight is 263 g/mol. The van der Waals surface area contributed by atoms with Crippen LogP contribution in [0.25, 0.3) is 0 Å². The Hall–Kier alpha value is -2.55. The molecule has 100 valence electrons. The Morgan fingerprint density at radius 2 is 1.30 bits per heavy atom. The number of amidine groups is 2. The van der Waals surface area contributed by atoms with Crippen LogP contribution in [0, 0.1) is 19.3 Å². The van der Waals surface area contributed by atoms with Gasteiger partial charge in [0.25, 0.3) is 0 Å². The Kier molecular flexibility index (Phi) is 4.20. The predicted molar refractivity (Wildman–Crippen MR) is 85.3 cm³/mol. The first-order chi connectivity index (χ1) is 9.60. The molecular weight excluding hydrogens is 246 g/mol. The third-order valence-electron chi connectivity index (χ3n) is 3.00. The maximum absolute atomic E-state index is 8.05. The van der Waals surface area contributed by atoms with Gasteiger partial charge in [0.15, 0.2) is 11.7 Å². The van der Waals surface area contributed by atoms with E-state index in [1.54, 1.807) is 0 Å². The summed E-state index contributed by atoms with van der Waals surface area (Å²) < 4.78 is 0. The van der Waals surface area contributed by atoms with Crippen molar-refractivity contribution in [2.45, 2.75) is 13.8 Å². The topological polar surface area (TPSA) is 48.6 Å². The first-order valence-corrected chi connectivity index (χ1v) is 6.38. The SMILES string of the molecule is C=NC(=NC(=N)c1ccc(C)cc1)c1ccc(C)cc1. The number of aliphatic imine (C=N–C) groups is 2. The molecule has 0 saturated heterocycles. The summed E-state index contributed by atoms with van der Waals surface area (Å²) in [6, 6.07) is 15.6. The van der Waals surface area contributed by atoms with E-state index in [1.807, 2.05) is 62.4 Å². The van der Waals surface area contributed by atoms with Crippen molar-refractivity contribution in [2.24, 2.45) is 9.98 Å². The van der Waals surface area contributed by atoms with Gasteiger partial charge in [-0.2, -0.15) is 0 Å². The molecule has 2 aromatic carbocycles. The van der Waals surface area contributed by atoms with Gasteiger partial charge in [-0.15, -0.1) is 0 Å². The lowest BCUT2D eigenvalue weighted by molar-refractivity contribution is 1.38. The van der Waals surface area contributed by atoms with Crippen LogP contribution >= 0.6 is 0 Å². The van der Waals surface area contributed by atoms with Gasteiger partial charge in [-0.3, -0.25) is 5.41 Å². The van der Waals surface area contributed by atoms with E-state index in [-0.39, 0.29) is 5.84 Å². The molecule has 0 heterocycles. The minimum Gasteiger partial charge on any atom is -0.282 e. The van der Waals surface area contributed by atoms with Crippen molar-refractivity contribution in [1.29, 1.82) is 5.41 Å². The van der Waals surface area contributed by atoms with Crippen molar-refractivity contribution in [1.82, 2.24) is 0 Å². The summed E-state index contributed by atoms with van der Waals surface area (Å²) in [6.07, 6.45) is 0. The molecule has 2 rings (SSSR count). The number of nitrogens with one attached hydrogen (secondary N) is 1. The van der Waals surface area contributed by atoms with Crippen LogP contribution in [0.2, 0.25) is 0 Å². The van der Waals surface area contributed by atoms with E-state index in [0.717, 1.165) is 16.7 Å². The number of rotatable bonds is 2. The van der Waals surface area contributed by atoms with E-state index in [1.165, 1.54) is 5.56 Å². The van der Waals surface area contributed by atoms with Gasteiger partial charge in [0.2, 0.25) is 0 Å². The van der Waals surface area contributed by atoms with Crippen LogP contribution in [0.15, 0.2) is 58.5 Å². The van der Waals surface area contributed by atoms with Gasteiger partial charge in [0.1, 0.15) is 0 Å². The van der Waals surface area contributed by atoms with Gasteiger partial charge in [0, 0.05) is 11.1 Å². The Labute approximate surface area is 119 Å². The van der Waals surface area contributed by atoms with Gasteiger partial charge in [0.05, 0.1) is 0 Å². The first-order valence-electron chi connectivity index (χ1n) is 6.38. The van der Waals surface area contributed by atoms with E-state index >= 15 is 0 Å². The quantitative estimate of drug-likeness (QED) is 0.633. The number of benzene rings is 2. The van der Waals surface area contributed by atoms with Crippen molar-refractivity contribution in [3.8, 4) is 0 Å². The van der Waals surface area contributed by atoms with E-state index in [2.05, 4.69) is 16.7 Å². The second-order valence-corrected chi connectivity index (χ2v) is 4.67. The Balaban J connectivity index is 2.31. The van der Waals surface area contributed by atoms with Crippen molar-refractivity contribution in [2.75, 3.05) is 0 Å². The maximum Gasteiger partial charge on any atom is 0.161 e. The predicted octanol–water partition coefficient (Wildman–Crippen LogP) is 3.78. The highest BCUT2D eigenvalue weighted by Crippen LogP contribution is 2.09. The number of nitrogens with zero attached hydrogens (tertiary/aromatic N) is 2. The van der Waals surface area contributed by atoms with Crippen LogP contribution in [-0.2, 0) is 0 Å². The van der Waals surface area contributed by atoms with Gasteiger partial charge in [-0.25, -0.2) is 9.98 Å². The largest absolute Gasteiger partial charge is 0.282 e. The van der Waals surface area contributed by atoms with E-state index in [9.17, 15) is 0 Å². The molecule has 0 aliphatic heterocycles. The molecule has 0 amide bonds. The fourth-order valence-electron chi connectivity index (χ4n) is 1.78.